The predicted molar refractivity (Wildman–Crippen MR) is 53.2 cm³/mol. The van der Waals surface area contributed by atoms with Crippen molar-refractivity contribution in [1.29, 1.82) is 0 Å². The van der Waals surface area contributed by atoms with E-state index >= 15 is 0 Å². The third kappa shape index (κ3) is 1.79. The first kappa shape index (κ1) is 9.60. The number of nitrogens with two attached hydrogens (primary N) is 1. The van der Waals surface area contributed by atoms with E-state index in [1.165, 1.54) is 0 Å². The number of H-pyrrole nitrogens is 1. The Hall–Kier alpha value is -1.95. The third-order valence-corrected chi connectivity index (χ3v) is 2.20. The number of pyridine rings is 1. The van der Waals surface area contributed by atoms with Gasteiger partial charge in [-0.25, -0.2) is 4.98 Å². The standard InChI is InChI=1S/C9H10N4O2/c10-7(9(14)15)3-5-1-2-11-8-6(5)4-12-13-8/h1-2,4,7H,3,10H2,(H,14,15)(H,11,12,13)/t7-/m1/s1. The molecule has 2 rings (SSSR count). The van der Waals surface area contributed by atoms with Gasteiger partial charge < -0.3 is 10.8 Å². The van der Waals surface area contributed by atoms with Crippen LogP contribution in [0, 0.1) is 0 Å². The summed E-state index contributed by atoms with van der Waals surface area (Å²) in [7, 11) is 0. The number of rotatable bonds is 3. The monoisotopic (exact) mass is 206 g/mol. The van der Waals surface area contributed by atoms with Crippen LogP contribution in [0.25, 0.3) is 11.0 Å². The van der Waals surface area contributed by atoms with Gasteiger partial charge in [-0.2, -0.15) is 5.10 Å². The van der Waals surface area contributed by atoms with Crippen LogP contribution in [0.4, 0.5) is 0 Å². The molecule has 15 heavy (non-hydrogen) atoms. The maximum atomic E-state index is 10.6. The fraction of sp³-hybridized carbons (Fsp3) is 0.222. The van der Waals surface area contributed by atoms with Crippen LogP contribution < -0.4 is 5.73 Å². The molecule has 0 unspecified atom stereocenters. The lowest BCUT2D eigenvalue weighted by Gasteiger charge is -2.06. The summed E-state index contributed by atoms with van der Waals surface area (Å²) in [5, 5.41) is 16.1. The lowest BCUT2D eigenvalue weighted by Crippen LogP contribution is -2.32. The van der Waals surface area contributed by atoms with Gasteiger partial charge in [-0.15, -0.1) is 0 Å². The van der Waals surface area contributed by atoms with E-state index in [4.69, 9.17) is 10.8 Å². The Balaban J connectivity index is 2.35. The molecule has 0 amide bonds. The Labute approximate surface area is 85.1 Å². The molecule has 0 bridgehead atoms. The number of hydrogen-bond acceptors (Lipinski definition) is 4. The number of carbonyl (C=O) groups is 1. The fourth-order valence-electron chi connectivity index (χ4n) is 1.41. The molecule has 2 aromatic rings. The minimum atomic E-state index is -1.01. The van der Waals surface area contributed by atoms with Crippen molar-refractivity contribution >= 4 is 17.0 Å². The molecule has 0 aromatic carbocycles. The number of nitrogens with zero attached hydrogens (tertiary/aromatic N) is 2. The Bertz CT molecular complexity index is 494. The van der Waals surface area contributed by atoms with Gasteiger partial charge in [-0.3, -0.25) is 9.89 Å². The minimum absolute atomic E-state index is 0.272. The lowest BCUT2D eigenvalue weighted by molar-refractivity contribution is -0.138. The summed E-state index contributed by atoms with van der Waals surface area (Å²) in [6, 6.07) is 0.853. The average molecular weight is 206 g/mol. The number of hydrogen-bond donors (Lipinski definition) is 3. The van der Waals surface area contributed by atoms with Gasteiger partial charge in [0.2, 0.25) is 0 Å². The van der Waals surface area contributed by atoms with Crippen molar-refractivity contribution in [3.05, 3.63) is 24.0 Å². The molecule has 78 valence electrons. The maximum Gasteiger partial charge on any atom is 0.320 e. The van der Waals surface area contributed by atoms with E-state index < -0.39 is 12.0 Å². The van der Waals surface area contributed by atoms with Crippen LogP contribution in [0.2, 0.25) is 0 Å². The van der Waals surface area contributed by atoms with Gasteiger partial charge in [0, 0.05) is 11.6 Å². The second-order valence-corrected chi connectivity index (χ2v) is 3.25. The molecular formula is C9H10N4O2. The fourth-order valence-corrected chi connectivity index (χ4v) is 1.41. The van der Waals surface area contributed by atoms with E-state index in [1.807, 2.05) is 0 Å². The Morgan fingerprint density at radius 1 is 1.67 bits per heavy atom. The summed E-state index contributed by atoms with van der Waals surface area (Å²) in [4.78, 5) is 14.7. The van der Waals surface area contributed by atoms with Crippen LogP contribution in [0.1, 0.15) is 5.56 Å². The van der Waals surface area contributed by atoms with E-state index in [1.54, 1.807) is 18.5 Å². The summed E-state index contributed by atoms with van der Waals surface area (Å²) in [5.74, 6) is -1.01. The molecule has 0 saturated carbocycles. The van der Waals surface area contributed by atoms with Gasteiger partial charge in [0.25, 0.3) is 0 Å². The number of aromatic amines is 1. The van der Waals surface area contributed by atoms with Gasteiger partial charge in [-0.05, 0) is 18.1 Å². The van der Waals surface area contributed by atoms with Crippen LogP contribution in [0.15, 0.2) is 18.5 Å². The smallest absolute Gasteiger partial charge is 0.320 e. The Morgan fingerprint density at radius 2 is 2.47 bits per heavy atom. The van der Waals surface area contributed by atoms with Gasteiger partial charge >= 0.3 is 5.97 Å². The molecule has 0 aliphatic heterocycles. The molecule has 1 atom stereocenters. The number of nitrogens with one attached hydrogen (secondary N) is 1. The molecule has 0 aliphatic rings. The van der Waals surface area contributed by atoms with Crippen LogP contribution in [0.5, 0.6) is 0 Å². The summed E-state index contributed by atoms with van der Waals surface area (Å²) in [5.41, 5.74) is 6.94. The lowest BCUT2D eigenvalue weighted by atomic mass is 10.1. The van der Waals surface area contributed by atoms with Crippen molar-refractivity contribution in [2.45, 2.75) is 12.5 Å². The number of fused-ring (bicyclic) bond motifs is 1. The second-order valence-electron chi connectivity index (χ2n) is 3.25. The number of aromatic nitrogens is 3. The van der Waals surface area contributed by atoms with Gasteiger partial charge in [0.1, 0.15) is 6.04 Å². The van der Waals surface area contributed by atoms with Crippen molar-refractivity contribution in [3.8, 4) is 0 Å². The SMILES string of the molecule is N[C@H](Cc1ccnc2[nH]ncc12)C(=O)O. The minimum Gasteiger partial charge on any atom is -0.480 e. The second kappa shape index (κ2) is 3.66. The molecule has 4 N–H and O–H groups in total. The quantitative estimate of drug-likeness (QED) is 0.651. The summed E-state index contributed by atoms with van der Waals surface area (Å²) in [6.45, 7) is 0. The topological polar surface area (TPSA) is 105 Å². The first-order chi connectivity index (χ1) is 7.18. The highest BCUT2D eigenvalue weighted by atomic mass is 16.4. The number of carboxylic acid groups (broad SMARTS) is 1. The zero-order valence-electron chi connectivity index (χ0n) is 7.84. The Kier molecular flexibility index (Phi) is 2.34. The summed E-state index contributed by atoms with van der Waals surface area (Å²) < 4.78 is 0. The van der Waals surface area contributed by atoms with E-state index in [9.17, 15) is 4.79 Å². The highest BCUT2D eigenvalue weighted by molar-refractivity contribution is 5.80. The van der Waals surface area contributed by atoms with Gasteiger partial charge in [0.05, 0.1) is 6.20 Å². The van der Waals surface area contributed by atoms with Crippen LogP contribution in [-0.2, 0) is 11.2 Å². The molecule has 2 aromatic heterocycles. The average Bonchev–Trinajstić information content (AvgIpc) is 2.66. The molecule has 6 nitrogen and oxygen atoms in total. The largest absolute Gasteiger partial charge is 0.480 e. The molecule has 0 fully saturated rings. The van der Waals surface area contributed by atoms with E-state index in [-0.39, 0.29) is 6.42 Å². The van der Waals surface area contributed by atoms with E-state index in [0.29, 0.717) is 5.65 Å². The summed E-state index contributed by atoms with van der Waals surface area (Å²) in [6.07, 6.45) is 3.49. The first-order valence-corrected chi connectivity index (χ1v) is 4.44. The molecule has 6 heteroatoms. The Morgan fingerprint density at radius 3 is 3.20 bits per heavy atom. The highest BCUT2D eigenvalue weighted by Gasteiger charge is 2.14. The molecule has 0 spiro atoms. The van der Waals surface area contributed by atoms with E-state index in [0.717, 1.165) is 10.9 Å². The van der Waals surface area contributed by atoms with Crippen LogP contribution >= 0.6 is 0 Å². The number of carboxylic acids is 1. The van der Waals surface area contributed by atoms with Crippen molar-refractivity contribution in [3.63, 3.8) is 0 Å². The zero-order valence-corrected chi connectivity index (χ0v) is 7.84. The normalized spacial score (nSPS) is 12.9. The van der Waals surface area contributed by atoms with Gasteiger partial charge in [-0.1, -0.05) is 0 Å². The zero-order chi connectivity index (χ0) is 10.8. The van der Waals surface area contributed by atoms with Crippen molar-refractivity contribution < 1.29 is 9.90 Å². The third-order valence-electron chi connectivity index (χ3n) is 2.20. The maximum absolute atomic E-state index is 10.6. The van der Waals surface area contributed by atoms with Crippen molar-refractivity contribution in [2.24, 2.45) is 5.73 Å². The molecular weight excluding hydrogens is 196 g/mol. The molecule has 0 aliphatic carbocycles. The van der Waals surface area contributed by atoms with Gasteiger partial charge in [0.15, 0.2) is 5.65 Å². The molecule has 2 heterocycles. The number of aliphatic carboxylic acids is 1. The first-order valence-electron chi connectivity index (χ1n) is 4.44. The van der Waals surface area contributed by atoms with Crippen LogP contribution in [-0.4, -0.2) is 32.3 Å². The predicted octanol–water partition coefficient (Wildman–Crippen LogP) is -0.0877. The van der Waals surface area contributed by atoms with Crippen LogP contribution in [0.3, 0.4) is 0 Å². The summed E-state index contributed by atoms with van der Waals surface area (Å²) >= 11 is 0. The highest BCUT2D eigenvalue weighted by Crippen LogP contribution is 2.14. The van der Waals surface area contributed by atoms with Crippen molar-refractivity contribution in [1.82, 2.24) is 15.2 Å². The molecule has 0 radical (unpaired) electrons. The van der Waals surface area contributed by atoms with E-state index in [2.05, 4.69) is 15.2 Å². The molecule has 0 saturated heterocycles. The van der Waals surface area contributed by atoms with Crippen molar-refractivity contribution in [2.75, 3.05) is 0 Å².